The zero-order valence-electron chi connectivity index (χ0n) is 32.5. The smallest absolute Gasteiger partial charge is 0.0725 e. The molecule has 0 aromatic heterocycles. The summed E-state index contributed by atoms with van der Waals surface area (Å²) in [4.78, 5) is 3.00. The summed E-state index contributed by atoms with van der Waals surface area (Å²) < 4.78 is 0.576. The van der Waals surface area contributed by atoms with Crippen molar-refractivity contribution in [2.24, 2.45) is 0 Å². The van der Waals surface area contributed by atoms with Crippen LogP contribution in [-0.2, 0) is 16.2 Å². The molecule has 0 radical (unpaired) electrons. The summed E-state index contributed by atoms with van der Waals surface area (Å²) in [6.07, 6.45) is 10.5. The maximum atomic E-state index is 2.58. The van der Waals surface area contributed by atoms with Crippen LogP contribution in [-0.4, -0.2) is 9.49 Å². The van der Waals surface area contributed by atoms with Crippen molar-refractivity contribution in [3.63, 3.8) is 0 Å². The number of thioether (sulfide) groups is 2. The Morgan fingerprint density at radius 3 is 1.18 bits per heavy atom. The molecule has 0 bridgehead atoms. The van der Waals surface area contributed by atoms with Crippen LogP contribution in [0.25, 0.3) is 44.5 Å². The molecule has 1 spiro atoms. The molecule has 0 saturated heterocycles. The number of hydrogen-bond donors (Lipinski definition) is 0. The minimum atomic E-state index is -0.384. The predicted molar refractivity (Wildman–Crippen MR) is 234 cm³/mol. The molecule has 2 heteroatoms. The standard InChI is InChI=1S/C53H48S2/c1-49-25-9-11-27-51(49,3)54-47-23-19-35(31-45(47)49)33-17-21-39-40-22-18-34(36-20-24-48-46(32-36)50(2)26-10-12-28-52(50,4)55-48)30-44(40)53(43(39)29-33)41-15-7-5-13-37(41)38-14-6-8-16-42(38)53/h5-8,13-24,29-32H,9-12,25-28H2,1-4H3. The molecule has 0 N–H and O–H groups in total. The summed E-state index contributed by atoms with van der Waals surface area (Å²) in [6, 6.07) is 48.3. The summed E-state index contributed by atoms with van der Waals surface area (Å²) >= 11 is 4.29. The van der Waals surface area contributed by atoms with E-state index in [1.165, 1.54) is 128 Å². The Kier molecular flexibility index (Phi) is 6.70. The Bertz CT molecular complexity index is 2470. The van der Waals surface area contributed by atoms with Gasteiger partial charge in [-0.15, -0.1) is 23.5 Å². The van der Waals surface area contributed by atoms with Crippen LogP contribution in [0.1, 0.15) is 112 Å². The second-order valence-corrected chi connectivity index (χ2v) is 21.6. The van der Waals surface area contributed by atoms with Crippen LogP contribution in [0.2, 0.25) is 0 Å². The van der Waals surface area contributed by atoms with E-state index in [9.17, 15) is 0 Å². The number of hydrogen-bond acceptors (Lipinski definition) is 2. The maximum Gasteiger partial charge on any atom is 0.0725 e. The van der Waals surface area contributed by atoms with Crippen molar-refractivity contribution in [2.75, 3.05) is 0 Å². The van der Waals surface area contributed by atoms with Crippen LogP contribution in [0.5, 0.6) is 0 Å². The maximum absolute atomic E-state index is 2.58. The number of benzene rings is 6. The van der Waals surface area contributed by atoms with Gasteiger partial charge in [-0.1, -0.05) is 124 Å². The van der Waals surface area contributed by atoms with Crippen LogP contribution in [0, 0.1) is 0 Å². The lowest BCUT2D eigenvalue weighted by Crippen LogP contribution is -2.43. The zero-order chi connectivity index (χ0) is 37.0. The molecule has 6 aliphatic rings. The van der Waals surface area contributed by atoms with E-state index in [0.717, 1.165) is 0 Å². The Hall–Kier alpha value is -3.98. The minimum absolute atomic E-state index is 0.221. The monoisotopic (exact) mass is 748 g/mol. The van der Waals surface area contributed by atoms with Gasteiger partial charge >= 0.3 is 0 Å². The van der Waals surface area contributed by atoms with Crippen molar-refractivity contribution in [1.82, 2.24) is 0 Å². The fourth-order valence-electron chi connectivity index (χ4n) is 12.6. The summed E-state index contributed by atoms with van der Waals surface area (Å²) in [6.45, 7) is 10.2. The van der Waals surface area contributed by atoms with Crippen molar-refractivity contribution in [3.8, 4) is 44.5 Å². The Labute approximate surface area is 335 Å². The lowest BCUT2D eigenvalue weighted by atomic mass is 9.64. The molecular formula is C53H48S2. The summed E-state index contributed by atoms with van der Waals surface area (Å²) in [5.41, 5.74) is 19.7. The van der Waals surface area contributed by atoms with Gasteiger partial charge in [-0.2, -0.15) is 0 Å². The van der Waals surface area contributed by atoms with Gasteiger partial charge in [0.15, 0.2) is 0 Å². The molecule has 6 aromatic rings. The molecule has 2 heterocycles. The van der Waals surface area contributed by atoms with Crippen LogP contribution in [0.3, 0.4) is 0 Å². The Morgan fingerprint density at radius 1 is 0.364 bits per heavy atom. The molecule has 2 aliphatic heterocycles. The molecule has 0 nitrogen and oxygen atoms in total. The van der Waals surface area contributed by atoms with Crippen LogP contribution < -0.4 is 0 Å². The van der Waals surface area contributed by atoms with Crippen LogP contribution in [0.15, 0.2) is 131 Å². The molecule has 4 unspecified atom stereocenters. The highest BCUT2D eigenvalue weighted by atomic mass is 32.2. The van der Waals surface area contributed by atoms with E-state index >= 15 is 0 Å². The second kappa shape index (κ2) is 11.1. The van der Waals surface area contributed by atoms with Gasteiger partial charge in [-0.05, 0) is 154 Å². The minimum Gasteiger partial charge on any atom is -0.118 e. The van der Waals surface area contributed by atoms with Gasteiger partial charge in [0.2, 0.25) is 0 Å². The fraction of sp³-hybridized carbons (Fsp3) is 0.321. The summed E-state index contributed by atoms with van der Waals surface area (Å²) in [5.74, 6) is 0. The first-order valence-corrected chi connectivity index (χ1v) is 22.5. The summed E-state index contributed by atoms with van der Waals surface area (Å²) in [7, 11) is 0. The van der Waals surface area contributed by atoms with Crippen molar-refractivity contribution in [2.45, 2.75) is 115 Å². The van der Waals surface area contributed by atoms with Gasteiger partial charge in [-0.25, -0.2) is 0 Å². The van der Waals surface area contributed by atoms with E-state index in [2.05, 4.69) is 173 Å². The van der Waals surface area contributed by atoms with Crippen molar-refractivity contribution in [1.29, 1.82) is 0 Å². The van der Waals surface area contributed by atoms with Gasteiger partial charge in [0.25, 0.3) is 0 Å². The lowest BCUT2D eigenvalue weighted by molar-refractivity contribution is 0.260. The number of fused-ring (bicyclic) bond motifs is 16. The van der Waals surface area contributed by atoms with Crippen molar-refractivity contribution >= 4 is 23.5 Å². The molecule has 2 saturated carbocycles. The van der Waals surface area contributed by atoms with E-state index < -0.39 is 0 Å². The quantitative estimate of drug-likeness (QED) is 0.173. The van der Waals surface area contributed by atoms with Crippen LogP contribution >= 0.6 is 23.5 Å². The molecule has 6 aromatic carbocycles. The molecule has 272 valence electrons. The zero-order valence-corrected chi connectivity index (χ0v) is 34.2. The number of rotatable bonds is 2. The molecule has 0 amide bonds. The average Bonchev–Trinajstić information content (AvgIpc) is 3.84. The van der Waals surface area contributed by atoms with Gasteiger partial charge in [0, 0.05) is 30.1 Å². The van der Waals surface area contributed by atoms with Crippen LogP contribution in [0.4, 0.5) is 0 Å². The summed E-state index contributed by atoms with van der Waals surface area (Å²) in [5, 5.41) is 0. The molecule has 55 heavy (non-hydrogen) atoms. The first-order valence-electron chi connectivity index (χ1n) is 20.8. The molecule has 12 rings (SSSR count). The molecule has 4 aliphatic carbocycles. The SMILES string of the molecule is CC12CCCCC1(C)c1cc(-c3ccc4c(c3)C3(c5ccccc5-c5ccccc53)c3cc(-c5ccc6c(c5)C5(C)CCCCC5(C)S6)ccc3-4)ccc1S2. The van der Waals surface area contributed by atoms with Gasteiger partial charge in [-0.3, -0.25) is 0 Å². The Morgan fingerprint density at radius 2 is 0.727 bits per heavy atom. The largest absolute Gasteiger partial charge is 0.118 e. The third-order valence-electron chi connectivity index (χ3n) is 16.1. The fourth-order valence-corrected chi connectivity index (χ4v) is 16.0. The first kappa shape index (κ1) is 33.2. The highest BCUT2D eigenvalue weighted by Crippen LogP contribution is 2.66. The van der Waals surface area contributed by atoms with E-state index in [1.54, 1.807) is 11.1 Å². The first-order chi connectivity index (χ1) is 26.7. The van der Waals surface area contributed by atoms with E-state index in [0.29, 0.717) is 0 Å². The highest BCUT2D eigenvalue weighted by molar-refractivity contribution is 8.01. The van der Waals surface area contributed by atoms with Gasteiger partial charge in [0.1, 0.15) is 0 Å². The van der Waals surface area contributed by atoms with Crippen molar-refractivity contribution in [3.05, 3.63) is 155 Å². The normalized spacial score (nSPS) is 28.4. The third kappa shape index (κ3) is 4.09. The second-order valence-electron chi connectivity index (χ2n) is 18.5. The molecular weight excluding hydrogens is 701 g/mol. The Balaban J connectivity index is 1.06. The highest BCUT2D eigenvalue weighted by Gasteiger charge is 2.56. The van der Waals surface area contributed by atoms with E-state index in [4.69, 9.17) is 0 Å². The third-order valence-corrected chi connectivity index (χ3v) is 19.4. The molecule has 4 atom stereocenters. The van der Waals surface area contributed by atoms with Gasteiger partial charge in [0.05, 0.1) is 5.41 Å². The van der Waals surface area contributed by atoms with E-state index in [1.807, 2.05) is 0 Å². The predicted octanol–water partition coefficient (Wildman–Crippen LogP) is 14.8. The average molecular weight is 749 g/mol. The topological polar surface area (TPSA) is 0 Å². The lowest BCUT2D eigenvalue weighted by Gasteiger charge is -2.45. The molecule has 2 fully saturated rings. The van der Waals surface area contributed by atoms with Crippen molar-refractivity contribution < 1.29 is 0 Å². The van der Waals surface area contributed by atoms with Gasteiger partial charge < -0.3 is 0 Å². The van der Waals surface area contributed by atoms with E-state index in [-0.39, 0.29) is 25.7 Å².